The summed E-state index contributed by atoms with van der Waals surface area (Å²) in [6.45, 7) is 0.401. The molecule has 3 aromatic rings. The predicted octanol–water partition coefficient (Wildman–Crippen LogP) is 3.36. The first kappa shape index (κ1) is 16.3. The fourth-order valence-electron chi connectivity index (χ4n) is 3.56. The molecule has 4 rings (SSSR count). The van der Waals surface area contributed by atoms with E-state index < -0.39 is 5.91 Å². The molecule has 0 aliphatic heterocycles. The number of nitrogens with one attached hydrogen (secondary N) is 1. The fraction of sp³-hybridized carbons (Fsp3) is 0.182. The Morgan fingerprint density at radius 3 is 2.62 bits per heavy atom. The molecule has 0 spiro atoms. The van der Waals surface area contributed by atoms with Gasteiger partial charge in [0.05, 0.1) is 0 Å². The van der Waals surface area contributed by atoms with Gasteiger partial charge >= 0.3 is 0 Å². The second-order valence-corrected chi connectivity index (χ2v) is 6.80. The normalized spacial score (nSPS) is 18.5. The molecule has 1 aliphatic rings. The van der Waals surface area contributed by atoms with Crippen molar-refractivity contribution >= 4 is 22.6 Å². The van der Waals surface area contributed by atoms with E-state index in [9.17, 15) is 9.59 Å². The SMILES string of the molecule is NC(=O)c1cccc(CNC(=O)[C@H]2C[C@H]2c2cccc3ccccc23)c1. The lowest BCUT2D eigenvalue weighted by atomic mass is 10.00. The Labute approximate surface area is 152 Å². The van der Waals surface area contributed by atoms with Crippen LogP contribution in [0.15, 0.2) is 66.7 Å². The van der Waals surface area contributed by atoms with Crippen LogP contribution in [0.3, 0.4) is 0 Å². The molecule has 130 valence electrons. The summed E-state index contributed by atoms with van der Waals surface area (Å²) in [6.07, 6.45) is 0.876. The minimum Gasteiger partial charge on any atom is -0.366 e. The van der Waals surface area contributed by atoms with Gasteiger partial charge in [-0.25, -0.2) is 0 Å². The molecule has 3 aromatic carbocycles. The zero-order valence-electron chi connectivity index (χ0n) is 14.3. The molecule has 3 N–H and O–H groups in total. The molecule has 0 unspecified atom stereocenters. The Balaban J connectivity index is 1.43. The molecule has 0 saturated heterocycles. The number of hydrogen-bond donors (Lipinski definition) is 2. The maximum Gasteiger partial charge on any atom is 0.248 e. The van der Waals surface area contributed by atoms with Crippen LogP contribution in [0, 0.1) is 5.92 Å². The molecule has 0 aromatic heterocycles. The predicted molar refractivity (Wildman–Crippen MR) is 102 cm³/mol. The van der Waals surface area contributed by atoms with E-state index in [1.165, 1.54) is 16.3 Å². The van der Waals surface area contributed by atoms with Crippen molar-refractivity contribution in [1.82, 2.24) is 5.32 Å². The van der Waals surface area contributed by atoms with Crippen LogP contribution in [0.25, 0.3) is 10.8 Å². The zero-order valence-corrected chi connectivity index (χ0v) is 14.3. The monoisotopic (exact) mass is 344 g/mol. The highest BCUT2D eigenvalue weighted by Crippen LogP contribution is 2.49. The molecule has 4 nitrogen and oxygen atoms in total. The highest BCUT2D eigenvalue weighted by atomic mass is 16.2. The molecule has 2 atom stereocenters. The van der Waals surface area contributed by atoms with Crippen molar-refractivity contribution in [3.63, 3.8) is 0 Å². The van der Waals surface area contributed by atoms with E-state index in [-0.39, 0.29) is 17.7 Å². The summed E-state index contributed by atoms with van der Waals surface area (Å²) in [5, 5.41) is 5.42. The van der Waals surface area contributed by atoms with E-state index in [4.69, 9.17) is 5.73 Å². The number of carbonyl (C=O) groups excluding carboxylic acids is 2. The summed E-state index contributed by atoms with van der Waals surface area (Å²) in [5.74, 6) is -0.109. The summed E-state index contributed by atoms with van der Waals surface area (Å²) in [4.78, 5) is 23.8. The van der Waals surface area contributed by atoms with Crippen molar-refractivity contribution in [3.8, 4) is 0 Å². The first-order valence-corrected chi connectivity index (χ1v) is 8.77. The molecule has 2 amide bonds. The Morgan fingerprint density at radius 1 is 1.00 bits per heavy atom. The van der Waals surface area contributed by atoms with E-state index in [0.717, 1.165) is 12.0 Å². The quantitative estimate of drug-likeness (QED) is 0.745. The van der Waals surface area contributed by atoms with E-state index >= 15 is 0 Å². The number of rotatable bonds is 5. The largest absolute Gasteiger partial charge is 0.366 e. The summed E-state index contributed by atoms with van der Waals surface area (Å²) in [6, 6.07) is 21.6. The molecule has 4 heteroatoms. The Hall–Kier alpha value is -3.14. The Bertz CT molecular complexity index is 991. The number of hydrogen-bond acceptors (Lipinski definition) is 2. The summed E-state index contributed by atoms with van der Waals surface area (Å²) in [5.41, 5.74) is 7.88. The lowest BCUT2D eigenvalue weighted by Crippen LogP contribution is -2.25. The standard InChI is InChI=1S/C22H20N2O2/c23-21(25)16-8-3-5-14(11-16)13-24-22(26)20-12-19(20)18-10-4-7-15-6-1-2-9-17(15)18/h1-11,19-20H,12-13H2,(H2,23,25)(H,24,26)/t19-,20-/m0/s1. The van der Waals surface area contributed by atoms with Gasteiger partial charge in [-0.3, -0.25) is 9.59 Å². The Kier molecular flexibility index (Phi) is 4.17. The van der Waals surface area contributed by atoms with Crippen LogP contribution in [-0.4, -0.2) is 11.8 Å². The summed E-state index contributed by atoms with van der Waals surface area (Å²) >= 11 is 0. The maximum atomic E-state index is 12.5. The van der Waals surface area contributed by atoms with Crippen LogP contribution >= 0.6 is 0 Å². The minimum absolute atomic E-state index is 0.0140. The van der Waals surface area contributed by atoms with E-state index in [2.05, 4.69) is 35.6 Å². The van der Waals surface area contributed by atoms with Crippen LogP contribution in [-0.2, 0) is 11.3 Å². The fourth-order valence-corrected chi connectivity index (χ4v) is 3.56. The molecule has 0 heterocycles. The van der Waals surface area contributed by atoms with E-state index in [1.54, 1.807) is 18.2 Å². The van der Waals surface area contributed by atoms with Crippen LogP contribution in [0.4, 0.5) is 0 Å². The second kappa shape index (κ2) is 6.64. The number of primary amides is 1. The van der Waals surface area contributed by atoms with Crippen molar-refractivity contribution in [1.29, 1.82) is 0 Å². The third kappa shape index (κ3) is 3.18. The lowest BCUT2D eigenvalue weighted by Gasteiger charge is -2.08. The third-order valence-corrected chi connectivity index (χ3v) is 5.03. The average molecular weight is 344 g/mol. The van der Waals surface area contributed by atoms with Gasteiger partial charge in [-0.1, -0.05) is 54.6 Å². The number of amides is 2. The second-order valence-electron chi connectivity index (χ2n) is 6.80. The van der Waals surface area contributed by atoms with Crippen LogP contribution in [0.5, 0.6) is 0 Å². The lowest BCUT2D eigenvalue weighted by molar-refractivity contribution is -0.122. The first-order chi connectivity index (χ1) is 12.6. The summed E-state index contributed by atoms with van der Waals surface area (Å²) < 4.78 is 0. The highest BCUT2D eigenvalue weighted by Gasteiger charge is 2.44. The number of fused-ring (bicyclic) bond motifs is 1. The van der Waals surface area contributed by atoms with E-state index in [0.29, 0.717) is 12.1 Å². The van der Waals surface area contributed by atoms with Crippen molar-refractivity contribution in [2.24, 2.45) is 11.7 Å². The highest BCUT2D eigenvalue weighted by molar-refractivity contribution is 5.93. The molecule has 1 fully saturated rings. The topological polar surface area (TPSA) is 72.2 Å². The smallest absolute Gasteiger partial charge is 0.248 e. The molecule has 0 radical (unpaired) electrons. The molecule has 0 bridgehead atoms. The van der Waals surface area contributed by atoms with Gasteiger partial charge in [0.25, 0.3) is 0 Å². The van der Waals surface area contributed by atoms with Crippen molar-refractivity contribution < 1.29 is 9.59 Å². The first-order valence-electron chi connectivity index (χ1n) is 8.77. The van der Waals surface area contributed by atoms with E-state index in [1.807, 2.05) is 18.2 Å². The van der Waals surface area contributed by atoms with Crippen molar-refractivity contribution in [2.45, 2.75) is 18.9 Å². The minimum atomic E-state index is -0.462. The van der Waals surface area contributed by atoms with Crippen LogP contribution in [0.1, 0.15) is 33.8 Å². The van der Waals surface area contributed by atoms with Gasteiger partial charge in [0, 0.05) is 18.0 Å². The molecule has 1 aliphatic carbocycles. The maximum absolute atomic E-state index is 12.5. The zero-order chi connectivity index (χ0) is 18.1. The van der Waals surface area contributed by atoms with Gasteiger partial charge in [-0.05, 0) is 46.4 Å². The third-order valence-electron chi connectivity index (χ3n) is 5.03. The number of carbonyl (C=O) groups is 2. The van der Waals surface area contributed by atoms with Crippen molar-refractivity contribution in [3.05, 3.63) is 83.4 Å². The van der Waals surface area contributed by atoms with Crippen LogP contribution in [0.2, 0.25) is 0 Å². The summed E-state index contributed by atoms with van der Waals surface area (Å²) in [7, 11) is 0. The van der Waals surface area contributed by atoms with Gasteiger partial charge in [0.2, 0.25) is 11.8 Å². The van der Waals surface area contributed by atoms with Crippen LogP contribution < -0.4 is 11.1 Å². The molecular formula is C22H20N2O2. The number of benzene rings is 3. The molecule has 1 saturated carbocycles. The van der Waals surface area contributed by atoms with Gasteiger partial charge in [0.15, 0.2) is 0 Å². The van der Waals surface area contributed by atoms with Gasteiger partial charge in [-0.2, -0.15) is 0 Å². The van der Waals surface area contributed by atoms with Gasteiger partial charge in [0.1, 0.15) is 0 Å². The average Bonchev–Trinajstić information content (AvgIpc) is 3.46. The van der Waals surface area contributed by atoms with Crippen molar-refractivity contribution in [2.75, 3.05) is 0 Å². The Morgan fingerprint density at radius 2 is 1.77 bits per heavy atom. The van der Waals surface area contributed by atoms with Gasteiger partial charge < -0.3 is 11.1 Å². The number of nitrogens with two attached hydrogens (primary N) is 1. The molecule has 26 heavy (non-hydrogen) atoms. The molecular weight excluding hydrogens is 324 g/mol. The van der Waals surface area contributed by atoms with Gasteiger partial charge in [-0.15, -0.1) is 0 Å².